The molecule has 1 aromatic carbocycles. The van der Waals surface area contributed by atoms with E-state index in [2.05, 4.69) is 14.9 Å². The molecule has 1 saturated heterocycles. The van der Waals surface area contributed by atoms with Gasteiger partial charge >= 0.3 is 6.47 Å². The number of fused-ring (bicyclic) bond motifs is 2. The molecule has 1 aliphatic rings. The van der Waals surface area contributed by atoms with E-state index in [0.29, 0.717) is 41.7 Å². The summed E-state index contributed by atoms with van der Waals surface area (Å²) in [7, 11) is 0. The second-order valence-corrected chi connectivity index (χ2v) is 8.34. The molecule has 0 bridgehead atoms. The van der Waals surface area contributed by atoms with Crippen LogP contribution in [0.25, 0.3) is 21.3 Å². The summed E-state index contributed by atoms with van der Waals surface area (Å²) >= 11 is 1.44. The molecule has 4 aromatic rings. The molecule has 166 valence electrons. The quantitative estimate of drug-likeness (QED) is 0.279. The fourth-order valence-electron chi connectivity index (χ4n) is 3.64. The number of pyridine rings is 1. The van der Waals surface area contributed by atoms with Crippen molar-refractivity contribution < 1.29 is 23.5 Å². The fraction of sp³-hybridized carbons (Fsp3) is 0.318. The average molecular weight is 455 g/mol. The third-order valence-electron chi connectivity index (χ3n) is 5.29. The maximum absolute atomic E-state index is 11.0. The Morgan fingerprint density at radius 2 is 2.16 bits per heavy atom. The topological polar surface area (TPSA) is 90.2 Å². The van der Waals surface area contributed by atoms with Gasteiger partial charge in [0.05, 0.1) is 30.7 Å². The Morgan fingerprint density at radius 3 is 3.00 bits per heavy atom. The molecule has 0 radical (unpaired) electrons. The summed E-state index contributed by atoms with van der Waals surface area (Å²) in [6.07, 6.45) is 3.40. The second-order valence-electron chi connectivity index (χ2n) is 7.35. The summed E-state index contributed by atoms with van der Waals surface area (Å²) in [4.78, 5) is 27.1. The number of hydroxylamine groups is 2. The first-order chi connectivity index (χ1) is 15.8. The van der Waals surface area contributed by atoms with Crippen LogP contribution < -0.4 is 4.74 Å². The zero-order chi connectivity index (χ0) is 21.8. The second kappa shape index (κ2) is 9.61. The number of hydrogen-bond donors (Lipinski definition) is 0. The van der Waals surface area contributed by atoms with Gasteiger partial charge < -0.3 is 18.7 Å². The van der Waals surface area contributed by atoms with Crippen molar-refractivity contribution in [1.82, 2.24) is 19.9 Å². The summed E-state index contributed by atoms with van der Waals surface area (Å²) in [6, 6.07) is 9.48. The molecule has 10 heteroatoms. The van der Waals surface area contributed by atoms with Crippen molar-refractivity contribution in [2.24, 2.45) is 0 Å². The minimum absolute atomic E-state index is 0.430. The van der Waals surface area contributed by atoms with Crippen LogP contribution in [0.3, 0.4) is 0 Å². The van der Waals surface area contributed by atoms with Crippen molar-refractivity contribution in [2.75, 3.05) is 39.4 Å². The van der Waals surface area contributed by atoms with Crippen LogP contribution >= 0.6 is 11.3 Å². The van der Waals surface area contributed by atoms with Crippen LogP contribution in [0.15, 0.2) is 47.2 Å². The standard InChI is InChI=1S/C22H22N4O5S/c27-15-30-26(7-6-25-8-10-28-11-9-25)13-16-14-29-19-12-17(3-4-18(16)19)31-22-24-21-20(32-22)2-1-5-23-21/h1-5,12,14-15H,6-11,13H2. The van der Waals surface area contributed by atoms with E-state index in [0.717, 1.165) is 48.5 Å². The van der Waals surface area contributed by atoms with Gasteiger partial charge in [-0.15, -0.1) is 5.06 Å². The van der Waals surface area contributed by atoms with E-state index in [1.54, 1.807) is 17.5 Å². The summed E-state index contributed by atoms with van der Waals surface area (Å²) < 4.78 is 18.0. The normalized spacial score (nSPS) is 14.9. The summed E-state index contributed by atoms with van der Waals surface area (Å²) in [5.74, 6) is 0.630. The van der Waals surface area contributed by atoms with Gasteiger partial charge in [0.25, 0.3) is 5.19 Å². The molecule has 1 fully saturated rings. The molecule has 0 spiro atoms. The van der Waals surface area contributed by atoms with Crippen LogP contribution in [-0.2, 0) is 20.9 Å². The van der Waals surface area contributed by atoms with Gasteiger partial charge in [-0.05, 0) is 24.3 Å². The molecule has 0 aliphatic carbocycles. The van der Waals surface area contributed by atoms with Crippen LogP contribution in [-0.4, -0.2) is 65.8 Å². The maximum Gasteiger partial charge on any atom is 0.313 e. The van der Waals surface area contributed by atoms with Crippen molar-refractivity contribution >= 4 is 39.1 Å². The van der Waals surface area contributed by atoms with Gasteiger partial charge in [-0.1, -0.05) is 11.3 Å². The summed E-state index contributed by atoms with van der Waals surface area (Å²) in [5, 5.41) is 3.11. The Balaban J connectivity index is 1.27. The first-order valence-corrected chi connectivity index (χ1v) is 11.1. The number of hydrogen-bond acceptors (Lipinski definition) is 10. The Bertz CT molecular complexity index is 1170. The number of benzene rings is 1. The van der Waals surface area contributed by atoms with Gasteiger partial charge in [0.2, 0.25) is 0 Å². The van der Waals surface area contributed by atoms with Crippen molar-refractivity contribution in [3.8, 4) is 10.9 Å². The van der Waals surface area contributed by atoms with Crippen LogP contribution in [0.2, 0.25) is 0 Å². The summed E-state index contributed by atoms with van der Waals surface area (Å²) in [5.41, 5.74) is 2.29. The smallest absolute Gasteiger partial charge is 0.313 e. The molecule has 0 amide bonds. The number of carbonyl (C=O) groups is 1. The predicted octanol–water partition coefficient (Wildman–Crippen LogP) is 3.45. The number of ether oxygens (including phenoxy) is 2. The highest BCUT2D eigenvalue weighted by molar-refractivity contribution is 7.20. The van der Waals surface area contributed by atoms with Crippen LogP contribution in [0.4, 0.5) is 0 Å². The largest absolute Gasteiger partial charge is 0.464 e. The lowest BCUT2D eigenvalue weighted by Crippen LogP contribution is -2.41. The lowest BCUT2D eigenvalue weighted by molar-refractivity contribution is -0.178. The van der Waals surface area contributed by atoms with E-state index in [1.165, 1.54) is 11.3 Å². The van der Waals surface area contributed by atoms with Crippen LogP contribution in [0, 0.1) is 0 Å². The van der Waals surface area contributed by atoms with Gasteiger partial charge in [-0.2, -0.15) is 4.98 Å². The highest BCUT2D eigenvalue weighted by atomic mass is 32.1. The number of nitrogens with zero attached hydrogens (tertiary/aromatic N) is 4. The SMILES string of the molecule is O=CON(CCN1CCOCC1)Cc1coc2cc(Oc3nc4ncccc4s3)ccc12. The Kier molecular flexibility index (Phi) is 6.26. The average Bonchev–Trinajstić information content (AvgIpc) is 3.41. The zero-order valence-electron chi connectivity index (χ0n) is 17.3. The molecule has 5 rings (SSSR count). The molecular formula is C22H22N4O5S. The molecule has 0 saturated carbocycles. The first kappa shape index (κ1) is 20.8. The van der Waals surface area contributed by atoms with E-state index < -0.39 is 0 Å². The molecule has 0 N–H and O–H groups in total. The van der Waals surface area contributed by atoms with Crippen molar-refractivity contribution in [1.29, 1.82) is 0 Å². The molecule has 0 atom stereocenters. The third-order valence-corrected chi connectivity index (χ3v) is 6.17. The Morgan fingerprint density at radius 1 is 1.25 bits per heavy atom. The molecular weight excluding hydrogens is 432 g/mol. The van der Waals surface area contributed by atoms with Crippen LogP contribution in [0.1, 0.15) is 5.56 Å². The number of thiazole rings is 1. The van der Waals surface area contributed by atoms with Crippen molar-refractivity contribution in [3.63, 3.8) is 0 Å². The zero-order valence-corrected chi connectivity index (χ0v) is 18.1. The van der Waals surface area contributed by atoms with Gasteiger partial charge in [0.1, 0.15) is 11.3 Å². The molecule has 32 heavy (non-hydrogen) atoms. The van der Waals surface area contributed by atoms with Gasteiger partial charge in [0.15, 0.2) is 5.65 Å². The number of aromatic nitrogens is 2. The highest BCUT2D eigenvalue weighted by Crippen LogP contribution is 2.33. The van der Waals surface area contributed by atoms with E-state index in [1.807, 2.05) is 30.3 Å². The van der Waals surface area contributed by atoms with E-state index in [-0.39, 0.29) is 0 Å². The Hall–Kier alpha value is -3.05. The van der Waals surface area contributed by atoms with Gasteiger partial charge in [0, 0.05) is 49.4 Å². The van der Waals surface area contributed by atoms with E-state index in [9.17, 15) is 4.79 Å². The Labute approximate surface area is 188 Å². The first-order valence-electron chi connectivity index (χ1n) is 10.3. The fourth-order valence-corrected chi connectivity index (χ4v) is 4.44. The third kappa shape index (κ3) is 4.73. The lowest BCUT2D eigenvalue weighted by Gasteiger charge is -2.28. The van der Waals surface area contributed by atoms with Crippen molar-refractivity contribution in [2.45, 2.75) is 6.54 Å². The minimum atomic E-state index is 0.430. The minimum Gasteiger partial charge on any atom is -0.464 e. The molecule has 0 unspecified atom stereocenters. The highest BCUT2D eigenvalue weighted by Gasteiger charge is 2.16. The predicted molar refractivity (Wildman–Crippen MR) is 119 cm³/mol. The van der Waals surface area contributed by atoms with Crippen LogP contribution in [0.5, 0.6) is 10.9 Å². The van der Waals surface area contributed by atoms with Crippen molar-refractivity contribution in [3.05, 3.63) is 48.4 Å². The number of morpholine rings is 1. The number of furan rings is 1. The molecule has 4 heterocycles. The van der Waals surface area contributed by atoms with Gasteiger partial charge in [-0.3, -0.25) is 9.69 Å². The van der Waals surface area contributed by atoms with Gasteiger partial charge in [-0.25, -0.2) is 4.98 Å². The maximum atomic E-state index is 11.0. The molecule has 3 aromatic heterocycles. The number of carbonyl (C=O) groups excluding carboxylic acids is 1. The van der Waals surface area contributed by atoms with E-state index >= 15 is 0 Å². The monoisotopic (exact) mass is 454 g/mol. The molecule has 9 nitrogen and oxygen atoms in total. The lowest BCUT2D eigenvalue weighted by atomic mass is 10.1. The molecule has 1 aliphatic heterocycles. The van der Waals surface area contributed by atoms with E-state index in [4.69, 9.17) is 18.7 Å². The number of rotatable bonds is 9. The summed E-state index contributed by atoms with van der Waals surface area (Å²) in [6.45, 7) is 5.52.